The Morgan fingerprint density at radius 2 is 2.35 bits per heavy atom. The summed E-state index contributed by atoms with van der Waals surface area (Å²) in [6, 6.07) is 1.41. The topological polar surface area (TPSA) is 57.6 Å². The zero-order valence-electron chi connectivity index (χ0n) is 10.9. The molecule has 1 N–H and O–H groups in total. The summed E-state index contributed by atoms with van der Waals surface area (Å²) in [7, 11) is 0. The fourth-order valence-electron chi connectivity index (χ4n) is 2.58. The Morgan fingerprint density at radius 1 is 1.65 bits per heavy atom. The average Bonchev–Trinajstić information content (AvgIpc) is 2.71. The molecule has 0 aliphatic carbocycles. The van der Waals surface area contributed by atoms with Crippen molar-refractivity contribution < 1.29 is 14.7 Å². The molecule has 1 aromatic heterocycles. The highest BCUT2D eigenvalue weighted by Gasteiger charge is 2.41. The maximum Gasteiger partial charge on any atom is 0.308 e. The Balaban J connectivity index is 2.42. The van der Waals surface area contributed by atoms with E-state index in [2.05, 4.69) is 15.9 Å². The third-order valence-corrected chi connectivity index (χ3v) is 5.99. The number of hydrogen-bond acceptors (Lipinski definition) is 3. The van der Waals surface area contributed by atoms with Gasteiger partial charge < -0.3 is 10.0 Å². The molecule has 0 saturated carbocycles. The number of carboxylic acids is 1. The monoisotopic (exact) mass is 379 g/mol. The van der Waals surface area contributed by atoms with E-state index in [-0.39, 0.29) is 5.91 Å². The molecule has 2 unspecified atom stereocenters. The van der Waals surface area contributed by atoms with E-state index >= 15 is 0 Å². The molecule has 0 aromatic carbocycles. The number of carbonyl (C=O) groups is 2. The van der Waals surface area contributed by atoms with Crippen LogP contribution in [0.1, 0.15) is 37.1 Å². The highest BCUT2D eigenvalue weighted by atomic mass is 79.9. The molecule has 2 heterocycles. The second kappa shape index (κ2) is 6.45. The minimum Gasteiger partial charge on any atom is -0.481 e. The number of piperidine rings is 1. The maximum absolute atomic E-state index is 12.1. The summed E-state index contributed by atoms with van der Waals surface area (Å²) in [5.41, 5.74) is 0. The molecule has 110 valence electrons. The predicted octanol–water partition coefficient (Wildman–Crippen LogP) is 3.94. The Kier molecular flexibility index (Phi) is 5.09. The minimum absolute atomic E-state index is 0.0231. The fraction of sp³-hybridized carbons (Fsp3) is 0.538. The van der Waals surface area contributed by atoms with Crippen LogP contribution in [0.2, 0.25) is 4.34 Å². The summed E-state index contributed by atoms with van der Waals surface area (Å²) in [6.45, 7) is 2.55. The molecular formula is C13H15BrClNO3S. The van der Waals surface area contributed by atoms with Gasteiger partial charge in [-0.15, -0.1) is 11.3 Å². The number of nitrogens with zero attached hydrogens (tertiary/aromatic N) is 1. The zero-order valence-corrected chi connectivity index (χ0v) is 14.1. The van der Waals surface area contributed by atoms with Gasteiger partial charge in [-0.25, -0.2) is 0 Å². The molecule has 1 aromatic rings. The summed E-state index contributed by atoms with van der Waals surface area (Å²) >= 11 is 10.7. The second-order valence-corrected chi connectivity index (χ2v) is 7.33. The smallest absolute Gasteiger partial charge is 0.308 e. The molecule has 4 nitrogen and oxygen atoms in total. The first-order valence-electron chi connectivity index (χ1n) is 6.42. The van der Waals surface area contributed by atoms with Crippen LogP contribution in [0.3, 0.4) is 0 Å². The van der Waals surface area contributed by atoms with Crippen molar-refractivity contribution in [2.24, 2.45) is 5.92 Å². The molecule has 20 heavy (non-hydrogen) atoms. The van der Waals surface area contributed by atoms with Crippen LogP contribution in [0.5, 0.6) is 0 Å². The van der Waals surface area contributed by atoms with Gasteiger partial charge >= 0.3 is 5.97 Å². The van der Waals surface area contributed by atoms with E-state index in [9.17, 15) is 14.7 Å². The van der Waals surface area contributed by atoms with Crippen molar-refractivity contribution in [1.29, 1.82) is 0 Å². The van der Waals surface area contributed by atoms with Crippen LogP contribution in [0.15, 0.2) is 10.5 Å². The molecule has 0 bridgehead atoms. The van der Waals surface area contributed by atoms with Crippen LogP contribution in [0.4, 0.5) is 0 Å². The first-order valence-corrected chi connectivity index (χ1v) is 8.41. The lowest BCUT2D eigenvalue weighted by atomic mass is 9.87. The summed E-state index contributed by atoms with van der Waals surface area (Å²) in [5.74, 6) is -1.40. The lowest BCUT2D eigenvalue weighted by Crippen LogP contribution is -2.45. The van der Waals surface area contributed by atoms with E-state index < -0.39 is 17.9 Å². The van der Waals surface area contributed by atoms with E-state index in [1.54, 1.807) is 4.90 Å². The predicted molar refractivity (Wildman–Crippen MR) is 82.1 cm³/mol. The summed E-state index contributed by atoms with van der Waals surface area (Å²) in [6.07, 6.45) is 1.48. The van der Waals surface area contributed by atoms with E-state index in [4.69, 9.17) is 11.6 Å². The number of aliphatic carboxylic acids is 1. The van der Waals surface area contributed by atoms with Crippen molar-refractivity contribution >= 4 is 50.7 Å². The molecule has 1 fully saturated rings. The third kappa shape index (κ3) is 3.02. The van der Waals surface area contributed by atoms with E-state index in [0.29, 0.717) is 23.7 Å². The zero-order chi connectivity index (χ0) is 14.9. The van der Waals surface area contributed by atoms with Crippen LogP contribution < -0.4 is 0 Å². The van der Waals surface area contributed by atoms with Gasteiger partial charge in [-0.3, -0.25) is 9.59 Å². The maximum atomic E-state index is 12.1. The second-order valence-electron chi connectivity index (χ2n) is 4.79. The van der Waals surface area contributed by atoms with Gasteiger partial charge in [0, 0.05) is 22.3 Å². The van der Waals surface area contributed by atoms with Crippen molar-refractivity contribution in [3.05, 3.63) is 19.8 Å². The SMILES string of the molecule is CCCN1C(=O)CCC(C(=O)O)C1c1cc(Br)c(Cl)s1. The van der Waals surface area contributed by atoms with E-state index in [0.717, 1.165) is 15.8 Å². The number of thiophene rings is 1. The largest absolute Gasteiger partial charge is 0.481 e. The van der Waals surface area contributed by atoms with Crippen LogP contribution >= 0.6 is 38.9 Å². The van der Waals surface area contributed by atoms with Gasteiger partial charge in [0.1, 0.15) is 4.34 Å². The Bertz CT molecular complexity index is 514. The highest BCUT2D eigenvalue weighted by Crippen LogP contribution is 2.43. The lowest BCUT2D eigenvalue weighted by molar-refractivity contribution is -0.152. The number of carboxylic acid groups (broad SMARTS) is 1. The molecule has 1 aliphatic heterocycles. The Hall–Kier alpha value is -0.590. The van der Waals surface area contributed by atoms with Crippen molar-refractivity contribution in [3.8, 4) is 0 Å². The van der Waals surface area contributed by atoms with Crippen molar-refractivity contribution in [3.63, 3.8) is 0 Å². The normalized spacial score (nSPS) is 23.1. The molecule has 2 atom stereocenters. The molecule has 2 rings (SSSR count). The fourth-order valence-corrected chi connectivity index (χ4v) is 4.49. The van der Waals surface area contributed by atoms with Gasteiger partial charge in [0.2, 0.25) is 5.91 Å². The summed E-state index contributed by atoms with van der Waals surface area (Å²) in [5, 5.41) is 9.44. The van der Waals surface area contributed by atoms with Gasteiger partial charge in [0.25, 0.3) is 0 Å². The van der Waals surface area contributed by atoms with Crippen molar-refractivity contribution in [2.45, 2.75) is 32.2 Å². The third-order valence-electron chi connectivity index (χ3n) is 3.44. The Morgan fingerprint density at radius 3 is 2.85 bits per heavy atom. The number of amides is 1. The Labute approximate surface area is 134 Å². The number of hydrogen-bond donors (Lipinski definition) is 1. The van der Waals surface area contributed by atoms with Crippen molar-refractivity contribution in [2.75, 3.05) is 6.54 Å². The first kappa shape index (κ1) is 15.8. The van der Waals surface area contributed by atoms with Crippen LogP contribution in [-0.2, 0) is 9.59 Å². The lowest BCUT2D eigenvalue weighted by Gasteiger charge is -2.38. The minimum atomic E-state index is -0.857. The van der Waals surface area contributed by atoms with Gasteiger partial charge in [-0.2, -0.15) is 0 Å². The number of likely N-dealkylation sites (tertiary alicyclic amines) is 1. The summed E-state index contributed by atoms with van der Waals surface area (Å²) in [4.78, 5) is 26.1. The van der Waals surface area contributed by atoms with E-state index in [1.807, 2.05) is 13.0 Å². The molecule has 0 radical (unpaired) electrons. The molecule has 1 amide bonds. The molecule has 1 aliphatic rings. The number of halogens is 2. The van der Waals surface area contributed by atoms with Gasteiger partial charge in [-0.05, 0) is 34.8 Å². The highest BCUT2D eigenvalue weighted by molar-refractivity contribution is 9.10. The quantitative estimate of drug-likeness (QED) is 0.861. The number of carbonyl (C=O) groups excluding carboxylic acids is 1. The van der Waals surface area contributed by atoms with E-state index in [1.165, 1.54) is 11.3 Å². The first-order chi connectivity index (χ1) is 9.45. The average molecular weight is 381 g/mol. The summed E-state index contributed by atoms with van der Waals surface area (Å²) < 4.78 is 1.33. The standard InChI is InChI=1S/C13H15BrClNO3S/c1-2-5-16-10(17)4-3-7(13(18)19)11(16)9-6-8(14)12(15)20-9/h6-7,11H,2-5H2,1H3,(H,18,19). The van der Waals surface area contributed by atoms with Gasteiger partial charge in [0.05, 0.1) is 12.0 Å². The molecule has 7 heteroatoms. The van der Waals surface area contributed by atoms with Crippen LogP contribution in [0.25, 0.3) is 0 Å². The molecule has 0 spiro atoms. The molecular weight excluding hydrogens is 366 g/mol. The molecule has 1 saturated heterocycles. The van der Waals surface area contributed by atoms with Crippen LogP contribution in [0, 0.1) is 5.92 Å². The van der Waals surface area contributed by atoms with Crippen molar-refractivity contribution in [1.82, 2.24) is 4.90 Å². The van der Waals surface area contributed by atoms with Gasteiger partial charge in [0.15, 0.2) is 0 Å². The van der Waals surface area contributed by atoms with Gasteiger partial charge in [-0.1, -0.05) is 18.5 Å². The number of rotatable bonds is 4. The van der Waals surface area contributed by atoms with Crippen LogP contribution in [-0.4, -0.2) is 28.4 Å².